The van der Waals surface area contributed by atoms with E-state index in [9.17, 15) is 18.0 Å². The third kappa shape index (κ3) is 6.38. The number of hydrogen-bond acceptors (Lipinski definition) is 12. The van der Waals surface area contributed by atoms with Gasteiger partial charge in [0, 0.05) is 51.2 Å². The molecule has 16 heteroatoms. The average molecular weight is 642 g/mol. The zero-order valence-electron chi connectivity index (χ0n) is 24.8. The molecular formula is C28H32ClN9O5S. The number of aryl methyl sites for hydroxylation is 1. The van der Waals surface area contributed by atoms with E-state index in [4.69, 9.17) is 21.3 Å². The standard InChI is InChI=1S/C28H32ClN9O5S/c1-16-14-18(17(2)32-20-6-7-21(29)33-23(20)25(39)35-44(5,41)42)22-19(15-16)27(40)36(3)28(34-22)38-12-10-37(11-13-38)24-26(43-4)31-9-8-30-24/h6-9,14-15,17,32H,10-13H2,1-5H3,(H,35,39)/t17-/m1/s1. The molecule has 14 nitrogen and oxygen atoms in total. The number of aromatic nitrogens is 5. The Hall–Kier alpha value is -4.50. The van der Waals surface area contributed by atoms with Gasteiger partial charge in [-0.3, -0.25) is 14.2 Å². The van der Waals surface area contributed by atoms with Crippen LogP contribution in [0, 0.1) is 6.92 Å². The van der Waals surface area contributed by atoms with Crippen LogP contribution in [-0.4, -0.2) is 78.4 Å². The maximum Gasteiger partial charge on any atom is 0.285 e. The Labute approximate surface area is 259 Å². The summed E-state index contributed by atoms with van der Waals surface area (Å²) in [5, 5.41) is 3.71. The fraction of sp³-hybridized carbons (Fsp3) is 0.357. The largest absolute Gasteiger partial charge is 0.478 e. The molecular weight excluding hydrogens is 610 g/mol. The van der Waals surface area contributed by atoms with E-state index in [2.05, 4.69) is 30.1 Å². The van der Waals surface area contributed by atoms with Gasteiger partial charge in [0.25, 0.3) is 17.3 Å². The molecule has 4 aromatic rings. The van der Waals surface area contributed by atoms with Crippen molar-refractivity contribution < 1.29 is 17.9 Å². The van der Waals surface area contributed by atoms with Crippen molar-refractivity contribution >= 4 is 55.9 Å². The predicted molar refractivity (Wildman–Crippen MR) is 168 cm³/mol. The first-order valence-corrected chi connectivity index (χ1v) is 15.9. The fourth-order valence-corrected chi connectivity index (χ4v) is 5.78. The van der Waals surface area contributed by atoms with E-state index in [0.717, 1.165) is 11.8 Å². The van der Waals surface area contributed by atoms with Crippen LogP contribution in [-0.2, 0) is 17.1 Å². The van der Waals surface area contributed by atoms with E-state index in [-0.39, 0.29) is 22.1 Å². The second-order valence-electron chi connectivity index (χ2n) is 10.5. The summed E-state index contributed by atoms with van der Waals surface area (Å²) in [6.07, 6.45) is 4.08. The monoisotopic (exact) mass is 641 g/mol. The normalized spacial score (nSPS) is 14.4. The Morgan fingerprint density at radius 2 is 1.75 bits per heavy atom. The Bertz CT molecular complexity index is 1910. The van der Waals surface area contributed by atoms with Crippen molar-refractivity contribution in [1.29, 1.82) is 0 Å². The molecule has 0 bridgehead atoms. The van der Waals surface area contributed by atoms with Gasteiger partial charge in [-0.25, -0.2) is 33.1 Å². The van der Waals surface area contributed by atoms with Gasteiger partial charge in [-0.2, -0.15) is 0 Å². The quantitative estimate of drug-likeness (QED) is 0.270. The lowest BCUT2D eigenvalue weighted by Gasteiger charge is -2.36. The Morgan fingerprint density at radius 3 is 2.43 bits per heavy atom. The molecule has 0 saturated carbocycles. The number of hydrogen-bond donors (Lipinski definition) is 2. The fourth-order valence-electron chi connectivity index (χ4n) is 5.20. The number of carbonyl (C=O) groups excluding carboxylic acids is 1. The number of anilines is 3. The van der Waals surface area contributed by atoms with E-state index in [0.29, 0.717) is 60.3 Å². The number of nitrogens with one attached hydrogen (secondary N) is 2. The highest BCUT2D eigenvalue weighted by Gasteiger charge is 2.26. The molecule has 1 aliphatic rings. The van der Waals surface area contributed by atoms with Crippen molar-refractivity contribution in [3.05, 3.63) is 69.0 Å². The minimum absolute atomic E-state index is 0.0236. The van der Waals surface area contributed by atoms with Gasteiger partial charge < -0.3 is 19.9 Å². The van der Waals surface area contributed by atoms with Gasteiger partial charge >= 0.3 is 0 Å². The molecule has 232 valence electrons. The third-order valence-electron chi connectivity index (χ3n) is 7.23. The van der Waals surface area contributed by atoms with Crippen molar-refractivity contribution in [2.24, 2.45) is 7.05 Å². The molecule has 44 heavy (non-hydrogen) atoms. The summed E-state index contributed by atoms with van der Waals surface area (Å²) in [5.74, 6) is 0.707. The molecule has 1 aromatic carbocycles. The van der Waals surface area contributed by atoms with Gasteiger partial charge in [0.15, 0.2) is 11.5 Å². The molecule has 1 atom stereocenters. The molecule has 0 spiro atoms. The number of methoxy groups -OCH3 is 1. The Balaban J connectivity index is 1.48. The first-order chi connectivity index (χ1) is 20.9. The van der Waals surface area contributed by atoms with Crippen molar-refractivity contribution in [3.63, 3.8) is 0 Å². The Kier molecular flexibility index (Phi) is 8.61. The number of fused-ring (bicyclic) bond motifs is 1. The second-order valence-corrected chi connectivity index (χ2v) is 12.6. The molecule has 1 fully saturated rings. The molecule has 1 aliphatic heterocycles. The van der Waals surface area contributed by atoms with E-state index >= 15 is 0 Å². The van der Waals surface area contributed by atoms with Crippen molar-refractivity contribution in [1.82, 2.24) is 29.2 Å². The van der Waals surface area contributed by atoms with E-state index < -0.39 is 22.0 Å². The lowest BCUT2D eigenvalue weighted by atomic mass is 10.0. The maximum absolute atomic E-state index is 13.7. The number of pyridine rings is 1. The first-order valence-electron chi connectivity index (χ1n) is 13.7. The van der Waals surface area contributed by atoms with Crippen LogP contribution in [0.25, 0.3) is 10.9 Å². The highest BCUT2D eigenvalue weighted by atomic mass is 35.5. The number of amides is 1. The van der Waals surface area contributed by atoms with Crippen LogP contribution in [0.1, 0.15) is 34.6 Å². The van der Waals surface area contributed by atoms with Crippen LogP contribution in [0.2, 0.25) is 5.15 Å². The summed E-state index contributed by atoms with van der Waals surface area (Å²) < 4.78 is 32.3. The molecule has 4 heterocycles. The highest BCUT2D eigenvalue weighted by Crippen LogP contribution is 2.30. The zero-order valence-corrected chi connectivity index (χ0v) is 26.4. The summed E-state index contributed by atoms with van der Waals surface area (Å²) in [5.41, 5.74) is 1.96. The van der Waals surface area contributed by atoms with Crippen LogP contribution in [0.3, 0.4) is 0 Å². The molecule has 3 aromatic heterocycles. The maximum atomic E-state index is 13.7. The number of halogens is 1. The minimum atomic E-state index is -3.84. The summed E-state index contributed by atoms with van der Waals surface area (Å²) in [6.45, 7) is 6.13. The van der Waals surface area contributed by atoms with Crippen molar-refractivity contribution in [3.8, 4) is 5.88 Å². The number of sulfonamides is 1. The number of benzene rings is 1. The highest BCUT2D eigenvalue weighted by molar-refractivity contribution is 7.89. The lowest BCUT2D eigenvalue weighted by molar-refractivity contribution is 0.0977. The number of carbonyl (C=O) groups is 1. The van der Waals surface area contributed by atoms with Crippen molar-refractivity contribution in [2.75, 3.05) is 54.7 Å². The summed E-state index contributed by atoms with van der Waals surface area (Å²) in [7, 11) is -0.577. The van der Waals surface area contributed by atoms with Gasteiger partial charge in [-0.1, -0.05) is 17.7 Å². The van der Waals surface area contributed by atoms with E-state index in [1.807, 2.05) is 24.6 Å². The van der Waals surface area contributed by atoms with Crippen LogP contribution in [0.15, 0.2) is 41.5 Å². The molecule has 0 unspecified atom stereocenters. The summed E-state index contributed by atoms with van der Waals surface area (Å²) in [4.78, 5) is 48.3. The molecule has 1 amide bonds. The zero-order chi connectivity index (χ0) is 31.8. The van der Waals surface area contributed by atoms with Gasteiger partial charge in [0.2, 0.25) is 16.0 Å². The second kappa shape index (κ2) is 12.2. The first kappa shape index (κ1) is 30.9. The molecule has 0 aliphatic carbocycles. The summed E-state index contributed by atoms with van der Waals surface area (Å²) >= 11 is 6.03. The number of rotatable bonds is 8. The van der Waals surface area contributed by atoms with Crippen molar-refractivity contribution in [2.45, 2.75) is 19.9 Å². The number of nitrogens with zero attached hydrogens (tertiary/aromatic N) is 7. The molecule has 2 N–H and O–H groups in total. The van der Waals surface area contributed by atoms with Gasteiger partial charge in [0.05, 0.1) is 36.0 Å². The Morgan fingerprint density at radius 1 is 1.07 bits per heavy atom. The van der Waals surface area contributed by atoms with Crippen LogP contribution >= 0.6 is 11.6 Å². The van der Waals surface area contributed by atoms with Gasteiger partial charge in [-0.15, -0.1) is 0 Å². The third-order valence-corrected chi connectivity index (χ3v) is 7.99. The minimum Gasteiger partial charge on any atom is -0.478 e. The number of ether oxygens (including phenoxy) is 1. The number of piperazine rings is 1. The summed E-state index contributed by atoms with van der Waals surface area (Å²) in [6, 6.07) is 6.29. The van der Waals surface area contributed by atoms with E-state index in [1.165, 1.54) is 6.07 Å². The molecule has 0 radical (unpaired) electrons. The van der Waals surface area contributed by atoms with Crippen LogP contribution < -0.4 is 30.1 Å². The predicted octanol–water partition coefficient (Wildman–Crippen LogP) is 2.28. The van der Waals surface area contributed by atoms with Gasteiger partial charge in [-0.05, 0) is 37.6 Å². The topological polar surface area (TPSA) is 165 Å². The smallest absolute Gasteiger partial charge is 0.285 e. The average Bonchev–Trinajstić information content (AvgIpc) is 2.99. The molecule has 5 rings (SSSR count). The molecule has 1 saturated heterocycles. The van der Waals surface area contributed by atoms with Crippen LogP contribution in [0.4, 0.5) is 17.5 Å². The van der Waals surface area contributed by atoms with E-state index in [1.54, 1.807) is 43.3 Å². The van der Waals surface area contributed by atoms with Gasteiger partial charge in [0.1, 0.15) is 5.15 Å². The SMILES string of the molecule is COc1nccnc1N1CCN(c2nc3c([C@@H](C)Nc4ccc(Cl)nc4C(=O)NS(C)(=O)=O)cc(C)cc3c(=O)n2C)CC1. The van der Waals surface area contributed by atoms with Crippen LogP contribution in [0.5, 0.6) is 5.88 Å². The lowest BCUT2D eigenvalue weighted by Crippen LogP contribution is -2.48.